The molecule has 5 aromatic carbocycles. The maximum atomic E-state index is 6.18. The fourth-order valence-corrected chi connectivity index (χ4v) is 5.08. The molecule has 192 valence electrons. The number of hydrogen-bond acceptors (Lipinski definition) is 2. The summed E-state index contributed by atoms with van der Waals surface area (Å²) < 4.78 is 14.7. The molecule has 3 heteroatoms. The Balaban J connectivity index is 1.33. The van der Waals surface area contributed by atoms with Gasteiger partial charge >= 0.3 is 0 Å². The van der Waals surface area contributed by atoms with Crippen molar-refractivity contribution in [3.05, 3.63) is 156 Å². The zero-order valence-corrected chi connectivity index (χ0v) is 22.1. The van der Waals surface area contributed by atoms with E-state index in [9.17, 15) is 0 Å². The van der Waals surface area contributed by atoms with Crippen LogP contribution in [0.1, 0.15) is 22.3 Å². The summed E-state index contributed by atoms with van der Waals surface area (Å²) in [5, 5.41) is 1.20. The Morgan fingerprint density at radius 1 is 0.538 bits per heavy atom. The van der Waals surface area contributed by atoms with Crippen LogP contribution in [0.15, 0.2) is 133 Å². The molecule has 6 aromatic rings. The van der Waals surface area contributed by atoms with Crippen molar-refractivity contribution in [1.82, 2.24) is 4.57 Å². The fourth-order valence-electron chi connectivity index (χ4n) is 5.08. The number of benzene rings is 5. The molecule has 0 saturated carbocycles. The van der Waals surface area contributed by atoms with Crippen molar-refractivity contribution in [2.45, 2.75) is 26.7 Å². The lowest BCUT2D eigenvalue weighted by molar-refractivity contribution is 0.306. The molecule has 0 bridgehead atoms. The van der Waals surface area contributed by atoms with Crippen LogP contribution in [0.4, 0.5) is 0 Å². The van der Waals surface area contributed by atoms with E-state index >= 15 is 0 Å². The zero-order valence-electron chi connectivity index (χ0n) is 22.1. The molecule has 0 unspecified atom stereocenters. The highest BCUT2D eigenvalue weighted by Gasteiger charge is 2.17. The van der Waals surface area contributed by atoms with E-state index in [0.717, 1.165) is 29.2 Å². The van der Waals surface area contributed by atoms with Crippen LogP contribution in [-0.4, -0.2) is 4.57 Å². The lowest BCUT2D eigenvalue weighted by atomic mass is 10.1. The van der Waals surface area contributed by atoms with Crippen LogP contribution in [0, 0.1) is 6.92 Å². The molecule has 1 heterocycles. The Morgan fingerprint density at radius 2 is 1.05 bits per heavy atom. The topological polar surface area (TPSA) is 23.4 Å². The number of hydrogen-bond donors (Lipinski definition) is 0. The average molecular weight is 510 g/mol. The molecule has 0 aliphatic carbocycles. The highest BCUT2D eigenvalue weighted by molar-refractivity contribution is 5.92. The number of fused-ring (bicyclic) bond motifs is 1. The van der Waals surface area contributed by atoms with Crippen molar-refractivity contribution in [2.75, 3.05) is 0 Å². The first kappa shape index (κ1) is 24.6. The SMILES string of the molecule is Cc1c(-c2ccc(OCc3ccccc3)cc2)n(Cc2ccccc2)c2ccc(OCc3ccccc3)cc12. The van der Waals surface area contributed by atoms with Gasteiger partial charge in [-0.3, -0.25) is 0 Å². The molecule has 0 saturated heterocycles. The highest BCUT2D eigenvalue weighted by Crippen LogP contribution is 2.36. The van der Waals surface area contributed by atoms with Gasteiger partial charge in [0, 0.05) is 17.4 Å². The number of aryl methyl sites for hydroxylation is 1. The van der Waals surface area contributed by atoms with Gasteiger partial charge in [0.05, 0.1) is 5.69 Å². The van der Waals surface area contributed by atoms with E-state index < -0.39 is 0 Å². The second kappa shape index (κ2) is 11.3. The third-order valence-electron chi connectivity index (χ3n) is 7.10. The van der Waals surface area contributed by atoms with Gasteiger partial charge in [0.15, 0.2) is 0 Å². The molecular formula is C36H31NO2. The predicted octanol–water partition coefficient (Wildman–Crippen LogP) is 8.82. The van der Waals surface area contributed by atoms with Gasteiger partial charge in [0.1, 0.15) is 24.7 Å². The number of rotatable bonds is 9. The van der Waals surface area contributed by atoms with Crippen molar-refractivity contribution in [1.29, 1.82) is 0 Å². The predicted molar refractivity (Wildman–Crippen MR) is 159 cm³/mol. The lowest BCUT2D eigenvalue weighted by Crippen LogP contribution is -2.02. The summed E-state index contributed by atoms with van der Waals surface area (Å²) >= 11 is 0. The van der Waals surface area contributed by atoms with Crippen LogP contribution in [0.5, 0.6) is 11.5 Å². The van der Waals surface area contributed by atoms with Gasteiger partial charge in [-0.2, -0.15) is 0 Å². The van der Waals surface area contributed by atoms with Gasteiger partial charge in [-0.15, -0.1) is 0 Å². The number of ether oxygens (including phenoxy) is 2. The minimum atomic E-state index is 0.549. The minimum absolute atomic E-state index is 0.549. The largest absolute Gasteiger partial charge is 0.489 e. The van der Waals surface area contributed by atoms with Crippen LogP contribution in [-0.2, 0) is 19.8 Å². The van der Waals surface area contributed by atoms with Gasteiger partial charge in [-0.1, -0.05) is 91.0 Å². The van der Waals surface area contributed by atoms with Crippen molar-refractivity contribution in [3.63, 3.8) is 0 Å². The highest BCUT2D eigenvalue weighted by atomic mass is 16.5. The molecule has 0 amide bonds. The van der Waals surface area contributed by atoms with Crippen LogP contribution >= 0.6 is 0 Å². The first-order valence-electron chi connectivity index (χ1n) is 13.4. The van der Waals surface area contributed by atoms with E-state index in [2.05, 4.69) is 109 Å². The van der Waals surface area contributed by atoms with Crippen LogP contribution in [0.2, 0.25) is 0 Å². The van der Waals surface area contributed by atoms with Crippen molar-refractivity contribution >= 4 is 10.9 Å². The lowest BCUT2D eigenvalue weighted by Gasteiger charge is -2.13. The molecule has 3 nitrogen and oxygen atoms in total. The van der Waals surface area contributed by atoms with E-state index in [1.165, 1.54) is 33.3 Å². The molecule has 6 rings (SSSR count). The molecular weight excluding hydrogens is 478 g/mol. The van der Waals surface area contributed by atoms with Gasteiger partial charge in [0.2, 0.25) is 0 Å². The summed E-state index contributed by atoms with van der Waals surface area (Å²) in [7, 11) is 0. The molecule has 1 aromatic heterocycles. The molecule has 0 aliphatic heterocycles. The summed E-state index contributed by atoms with van der Waals surface area (Å²) in [6, 6.07) is 46.1. The summed E-state index contributed by atoms with van der Waals surface area (Å²) in [5.74, 6) is 1.74. The third-order valence-corrected chi connectivity index (χ3v) is 7.10. The Morgan fingerprint density at radius 3 is 1.64 bits per heavy atom. The normalized spacial score (nSPS) is 11.0. The summed E-state index contributed by atoms with van der Waals surface area (Å²) in [5.41, 5.74) is 8.40. The Kier molecular flexibility index (Phi) is 7.13. The van der Waals surface area contributed by atoms with E-state index in [1.807, 2.05) is 36.4 Å². The van der Waals surface area contributed by atoms with E-state index in [0.29, 0.717) is 13.2 Å². The second-order valence-corrected chi connectivity index (χ2v) is 9.80. The van der Waals surface area contributed by atoms with Crippen molar-refractivity contribution in [2.24, 2.45) is 0 Å². The molecule has 0 aliphatic rings. The smallest absolute Gasteiger partial charge is 0.120 e. The van der Waals surface area contributed by atoms with E-state index in [4.69, 9.17) is 9.47 Å². The zero-order chi connectivity index (χ0) is 26.4. The molecule has 0 atom stereocenters. The van der Waals surface area contributed by atoms with Crippen molar-refractivity contribution < 1.29 is 9.47 Å². The van der Waals surface area contributed by atoms with Gasteiger partial charge in [0.25, 0.3) is 0 Å². The number of nitrogens with zero attached hydrogens (tertiary/aromatic N) is 1. The standard InChI is InChI=1S/C36H31NO2/c1-27-34-23-33(39-26-30-15-9-4-10-16-30)21-22-35(34)37(24-28-11-5-2-6-12-28)36(27)31-17-19-32(20-18-31)38-25-29-13-7-3-8-14-29/h2-23H,24-26H2,1H3. The Labute approximate surface area is 229 Å². The monoisotopic (exact) mass is 509 g/mol. The first-order valence-corrected chi connectivity index (χ1v) is 13.4. The summed E-state index contributed by atoms with van der Waals surface area (Å²) in [6.07, 6.45) is 0. The molecule has 0 fully saturated rings. The molecule has 0 spiro atoms. The van der Waals surface area contributed by atoms with E-state index in [1.54, 1.807) is 0 Å². The van der Waals surface area contributed by atoms with E-state index in [-0.39, 0.29) is 0 Å². The van der Waals surface area contributed by atoms with Gasteiger partial charge in [-0.25, -0.2) is 0 Å². The van der Waals surface area contributed by atoms with Gasteiger partial charge < -0.3 is 14.0 Å². The molecule has 39 heavy (non-hydrogen) atoms. The molecule has 0 radical (unpaired) electrons. The second-order valence-electron chi connectivity index (χ2n) is 9.80. The third kappa shape index (κ3) is 5.58. The fraction of sp³-hybridized carbons (Fsp3) is 0.111. The maximum Gasteiger partial charge on any atom is 0.120 e. The molecule has 0 N–H and O–H groups in total. The van der Waals surface area contributed by atoms with Gasteiger partial charge in [-0.05, 0) is 77.2 Å². The minimum Gasteiger partial charge on any atom is -0.489 e. The maximum absolute atomic E-state index is 6.18. The van der Waals surface area contributed by atoms with Crippen LogP contribution < -0.4 is 9.47 Å². The summed E-state index contributed by atoms with van der Waals surface area (Å²) in [4.78, 5) is 0. The Hall–Kier alpha value is -4.76. The first-order chi connectivity index (χ1) is 19.2. The van der Waals surface area contributed by atoms with Crippen LogP contribution in [0.25, 0.3) is 22.2 Å². The quantitative estimate of drug-likeness (QED) is 0.194. The summed E-state index contributed by atoms with van der Waals surface area (Å²) in [6.45, 7) is 4.10. The van der Waals surface area contributed by atoms with Crippen molar-refractivity contribution in [3.8, 4) is 22.8 Å². The Bertz CT molecular complexity index is 1650. The van der Waals surface area contributed by atoms with Crippen LogP contribution in [0.3, 0.4) is 0 Å². The number of aromatic nitrogens is 1. The average Bonchev–Trinajstić information content (AvgIpc) is 3.27.